The van der Waals surface area contributed by atoms with Gasteiger partial charge >= 0.3 is 5.97 Å². The summed E-state index contributed by atoms with van der Waals surface area (Å²) in [6, 6.07) is 10.1. The van der Waals surface area contributed by atoms with Crippen LogP contribution in [0.25, 0.3) is 0 Å². The number of carboxylic acids is 1. The number of halogens is 1. The third-order valence-corrected chi connectivity index (χ3v) is 3.27. The highest BCUT2D eigenvalue weighted by atomic mass is 79.9. The van der Waals surface area contributed by atoms with Gasteiger partial charge in [0.05, 0.1) is 7.11 Å². The summed E-state index contributed by atoms with van der Waals surface area (Å²) in [5.74, 6) is 0.350. The summed E-state index contributed by atoms with van der Waals surface area (Å²) < 4.78 is 11.8. The highest BCUT2D eigenvalue weighted by Crippen LogP contribution is 2.32. The van der Waals surface area contributed by atoms with Crippen molar-refractivity contribution in [2.45, 2.75) is 6.92 Å². The van der Waals surface area contributed by atoms with Crippen LogP contribution < -0.4 is 9.47 Å². The molecule has 1 N–H and O–H groups in total. The normalized spacial score (nSPS) is 10.2. The van der Waals surface area contributed by atoms with Crippen LogP contribution in [0.15, 0.2) is 40.9 Å². The van der Waals surface area contributed by atoms with Gasteiger partial charge in [0.25, 0.3) is 0 Å². The molecule has 0 aliphatic heterocycles. The first kappa shape index (κ1) is 14.4. The number of aromatic carboxylic acids is 1. The predicted octanol–water partition coefficient (Wildman–Crippen LogP) is 4.26. The van der Waals surface area contributed by atoms with E-state index in [2.05, 4.69) is 15.9 Å². The minimum atomic E-state index is -1.04. The first-order chi connectivity index (χ1) is 9.51. The van der Waals surface area contributed by atoms with Gasteiger partial charge in [-0.15, -0.1) is 0 Å². The van der Waals surface area contributed by atoms with E-state index in [0.29, 0.717) is 11.5 Å². The van der Waals surface area contributed by atoms with Crippen molar-refractivity contribution < 1.29 is 19.4 Å². The third-order valence-electron chi connectivity index (χ3n) is 2.78. The van der Waals surface area contributed by atoms with Crippen LogP contribution in [0.1, 0.15) is 15.9 Å². The molecule has 2 aromatic rings. The number of ether oxygens (including phenoxy) is 2. The summed E-state index contributed by atoms with van der Waals surface area (Å²) >= 11 is 3.37. The van der Waals surface area contributed by atoms with Gasteiger partial charge in [-0.1, -0.05) is 15.9 Å². The second-order valence-electron chi connectivity index (χ2n) is 4.18. The molecule has 4 nitrogen and oxygen atoms in total. The van der Waals surface area contributed by atoms with Crippen LogP contribution in [0.3, 0.4) is 0 Å². The topological polar surface area (TPSA) is 55.8 Å². The average molecular weight is 337 g/mol. The molecule has 0 aromatic heterocycles. The Morgan fingerprint density at radius 3 is 2.50 bits per heavy atom. The van der Waals surface area contributed by atoms with Crippen molar-refractivity contribution in [3.8, 4) is 17.2 Å². The summed E-state index contributed by atoms with van der Waals surface area (Å²) in [6.45, 7) is 1.89. The van der Waals surface area contributed by atoms with E-state index in [1.165, 1.54) is 13.2 Å². The molecule has 0 saturated heterocycles. The number of hydrogen-bond donors (Lipinski definition) is 1. The molecule has 2 rings (SSSR count). The fourth-order valence-electron chi connectivity index (χ4n) is 1.74. The zero-order valence-corrected chi connectivity index (χ0v) is 12.6. The molecule has 0 fully saturated rings. The van der Waals surface area contributed by atoms with Crippen molar-refractivity contribution in [3.63, 3.8) is 0 Å². The number of carboxylic acid groups (broad SMARTS) is 1. The van der Waals surface area contributed by atoms with Crippen molar-refractivity contribution in [3.05, 3.63) is 52.0 Å². The van der Waals surface area contributed by atoms with E-state index in [1.54, 1.807) is 18.2 Å². The third kappa shape index (κ3) is 3.11. The van der Waals surface area contributed by atoms with Gasteiger partial charge in [0.15, 0.2) is 0 Å². The van der Waals surface area contributed by atoms with Gasteiger partial charge in [-0.05, 0) is 42.8 Å². The van der Waals surface area contributed by atoms with Gasteiger partial charge in [0.1, 0.15) is 22.8 Å². The van der Waals surface area contributed by atoms with Crippen molar-refractivity contribution in [2.24, 2.45) is 0 Å². The highest BCUT2D eigenvalue weighted by molar-refractivity contribution is 9.10. The quantitative estimate of drug-likeness (QED) is 0.906. The minimum absolute atomic E-state index is 0.0909. The van der Waals surface area contributed by atoms with Gasteiger partial charge in [0.2, 0.25) is 0 Å². The predicted molar refractivity (Wildman–Crippen MR) is 78.9 cm³/mol. The van der Waals surface area contributed by atoms with E-state index in [4.69, 9.17) is 9.47 Å². The van der Waals surface area contributed by atoms with Gasteiger partial charge in [-0.2, -0.15) is 0 Å². The van der Waals surface area contributed by atoms with E-state index >= 15 is 0 Å². The number of aryl methyl sites for hydroxylation is 1. The number of carbonyl (C=O) groups is 1. The molecule has 0 bridgehead atoms. The molecule has 104 valence electrons. The van der Waals surface area contributed by atoms with Crippen molar-refractivity contribution in [1.29, 1.82) is 0 Å². The van der Waals surface area contributed by atoms with Crippen LogP contribution in [0, 0.1) is 6.92 Å². The smallest absolute Gasteiger partial charge is 0.339 e. The molecule has 0 unspecified atom stereocenters. The molecule has 5 heteroatoms. The summed E-state index contributed by atoms with van der Waals surface area (Å²) in [5, 5.41) is 9.19. The second kappa shape index (κ2) is 5.96. The Bertz CT molecular complexity index is 652. The zero-order valence-electron chi connectivity index (χ0n) is 11.0. The Balaban J connectivity index is 2.43. The number of rotatable bonds is 4. The van der Waals surface area contributed by atoms with Crippen LogP contribution in [0.2, 0.25) is 0 Å². The highest BCUT2D eigenvalue weighted by Gasteiger charge is 2.14. The molecule has 0 aliphatic rings. The second-order valence-corrected chi connectivity index (χ2v) is 5.09. The first-order valence-electron chi connectivity index (χ1n) is 5.86. The lowest BCUT2D eigenvalue weighted by Crippen LogP contribution is -2.01. The molecule has 0 radical (unpaired) electrons. The van der Waals surface area contributed by atoms with Crippen molar-refractivity contribution in [1.82, 2.24) is 0 Å². The summed E-state index contributed by atoms with van der Waals surface area (Å²) in [6.07, 6.45) is 0. The zero-order chi connectivity index (χ0) is 14.7. The fourth-order valence-corrected chi connectivity index (χ4v) is 2.21. The lowest BCUT2D eigenvalue weighted by atomic mass is 10.2. The Morgan fingerprint density at radius 1 is 1.15 bits per heavy atom. The maximum atomic E-state index is 11.2. The first-order valence-corrected chi connectivity index (χ1v) is 6.66. The molecule has 20 heavy (non-hydrogen) atoms. The largest absolute Gasteiger partial charge is 0.497 e. The summed E-state index contributed by atoms with van der Waals surface area (Å²) in [7, 11) is 1.52. The lowest BCUT2D eigenvalue weighted by Gasteiger charge is -2.12. The molecule has 0 aliphatic carbocycles. The summed E-state index contributed by atoms with van der Waals surface area (Å²) in [5.41, 5.74) is 0.992. The Hall–Kier alpha value is -2.01. The van der Waals surface area contributed by atoms with Gasteiger partial charge < -0.3 is 14.6 Å². The fraction of sp³-hybridized carbons (Fsp3) is 0.133. The molecular weight excluding hydrogens is 324 g/mol. The molecule has 2 aromatic carbocycles. The Kier molecular flexibility index (Phi) is 4.29. The van der Waals surface area contributed by atoms with Crippen molar-refractivity contribution >= 4 is 21.9 Å². The van der Waals surface area contributed by atoms with E-state index in [-0.39, 0.29) is 11.3 Å². The average Bonchev–Trinajstić information content (AvgIpc) is 2.41. The SMILES string of the molecule is COc1ccc(C(=O)O)c(Oc2ccc(Br)cc2C)c1. The molecule has 0 amide bonds. The van der Waals surface area contributed by atoms with Gasteiger partial charge in [-0.25, -0.2) is 4.79 Å². The van der Waals surface area contributed by atoms with E-state index in [0.717, 1.165) is 10.0 Å². The van der Waals surface area contributed by atoms with Gasteiger partial charge in [-0.3, -0.25) is 0 Å². The van der Waals surface area contributed by atoms with E-state index in [1.807, 2.05) is 19.1 Å². The number of hydrogen-bond acceptors (Lipinski definition) is 3. The van der Waals surface area contributed by atoms with Crippen LogP contribution in [0.4, 0.5) is 0 Å². The molecule has 0 spiro atoms. The van der Waals surface area contributed by atoms with Crippen LogP contribution in [-0.4, -0.2) is 18.2 Å². The van der Waals surface area contributed by atoms with Crippen LogP contribution >= 0.6 is 15.9 Å². The molecular formula is C15H13BrO4. The maximum Gasteiger partial charge on any atom is 0.339 e. The maximum absolute atomic E-state index is 11.2. The number of methoxy groups -OCH3 is 1. The molecule has 0 heterocycles. The lowest BCUT2D eigenvalue weighted by molar-refractivity contribution is 0.0694. The van der Waals surface area contributed by atoms with Crippen LogP contribution in [0.5, 0.6) is 17.2 Å². The molecule has 0 atom stereocenters. The van der Waals surface area contributed by atoms with Crippen molar-refractivity contribution in [2.75, 3.05) is 7.11 Å². The minimum Gasteiger partial charge on any atom is -0.497 e. The summed E-state index contributed by atoms with van der Waals surface area (Å²) in [4.78, 5) is 11.2. The number of benzene rings is 2. The van der Waals surface area contributed by atoms with Gasteiger partial charge in [0, 0.05) is 10.5 Å². The van der Waals surface area contributed by atoms with E-state index in [9.17, 15) is 9.90 Å². The Labute approximate surface area is 125 Å². The standard InChI is InChI=1S/C15H13BrO4/c1-9-7-10(16)3-6-13(9)20-14-8-11(19-2)4-5-12(14)15(17)18/h3-8H,1-2H3,(H,17,18). The monoisotopic (exact) mass is 336 g/mol. The molecule has 0 saturated carbocycles. The van der Waals surface area contributed by atoms with Crippen LogP contribution in [-0.2, 0) is 0 Å². The Morgan fingerprint density at radius 2 is 1.90 bits per heavy atom. The van der Waals surface area contributed by atoms with E-state index < -0.39 is 5.97 Å².